The van der Waals surface area contributed by atoms with Crippen LogP contribution in [0.15, 0.2) is 54.6 Å². The Balaban J connectivity index is 1.75. The van der Waals surface area contributed by atoms with E-state index in [0.29, 0.717) is 11.1 Å². The molecule has 0 bridgehead atoms. The van der Waals surface area contributed by atoms with E-state index < -0.39 is 0 Å². The van der Waals surface area contributed by atoms with Gasteiger partial charge in [0, 0.05) is 12.0 Å². The first-order valence-electron chi connectivity index (χ1n) is 13.7. The van der Waals surface area contributed by atoms with Crippen molar-refractivity contribution in [3.05, 3.63) is 65.7 Å². The molecule has 0 saturated heterocycles. The molecule has 0 aliphatic rings. The maximum atomic E-state index is 13.0. The predicted molar refractivity (Wildman–Crippen MR) is 146 cm³/mol. The number of rotatable bonds is 18. The van der Waals surface area contributed by atoms with Gasteiger partial charge in [-0.3, -0.25) is 0 Å². The molecule has 0 heterocycles. The van der Waals surface area contributed by atoms with Gasteiger partial charge >= 0.3 is 5.97 Å². The van der Waals surface area contributed by atoms with Crippen LogP contribution in [0.4, 0.5) is 0 Å². The number of carbonyl (C=O) groups is 1. The number of esters is 1. The lowest BCUT2D eigenvalue weighted by molar-refractivity contribution is -0.920. The first-order valence-corrected chi connectivity index (χ1v) is 13.7. The molecule has 0 aliphatic heterocycles. The van der Waals surface area contributed by atoms with Gasteiger partial charge in [0.05, 0.1) is 14.1 Å². The molecule has 0 radical (unpaired) electrons. The van der Waals surface area contributed by atoms with E-state index in [4.69, 9.17) is 9.47 Å². The number of hydrogen-bond donors (Lipinski definition) is 0. The molecule has 2 rings (SSSR count). The van der Waals surface area contributed by atoms with E-state index in [1.165, 1.54) is 56.1 Å². The van der Waals surface area contributed by atoms with Gasteiger partial charge in [0.2, 0.25) is 0 Å². The Kier molecular flexibility index (Phi) is 13.5. The summed E-state index contributed by atoms with van der Waals surface area (Å²) >= 11 is 0. The summed E-state index contributed by atoms with van der Waals surface area (Å²) in [5.41, 5.74) is 2.54. The summed E-state index contributed by atoms with van der Waals surface area (Å²) < 4.78 is 12.2. The number of aryl methyl sites for hydroxylation is 1. The second-order valence-corrected chi connectivity index (χ2v) is 10.3. The molecular weight excluding hydrogens is 434 g/mol. The second-order valence-electron chi connectivity index (χ2n) is 10.3. The summed E-state index contributed by atoms with van der Waals surface area (Å²) in [6.07, 6.45) is 12.1. The van der Waals surface area contributed by atoms with E-state index in [1.807, 2.05) is 24.3 Å². The highest BCUT2D eigenvalue weighted by Crippen LogP contribution is 2.20. The Labute approximate surface area is 214 Å². The zero-order valence-electron chi connectivity index (χ0n) is 22.6. The van der Waals surface area contributed by atoms with E-state index in [2.05, 4.69) is 58.3 Å². The molecule has 1 atom stereocenters. The number of carbonyl (C=O) groups excluding carboxylic acids is 1. The molecule has 0 N–H and O–H groups in total. The van der Waals surface area contributed by atoms with Gasteiger partial charge in [-0.25, -0.2) is 4.79 Å². The van der Waals surface area contributed by atoms with Crippen LogP contribution in [-0.4, -0.2) is 43.8 Å². The zero-order valence-corrected chi connectivity index (χ0v) is 22.6. The van der Waals surface area contributed by atoms with Crippen molar-refractivity contribution in [2.24, 2.45) is 0 Å². The Bertz CT molecular complexity index is 834. The van der Waals surface area contributed by atoms with E-state index in [0.717, 1.165) is 31.6 Å². The summed E-state index contributed by atoms with van der Waals surface area (Å²) in [5, 5.41) is 0. The van der Waals surface area contributed by atoms with Crippen LogP contribution in [0.3, 0.4) is 0 Å². The molecule has 1 unspecified atom stereocenters. The van der Waals surface area contributed by atoms with Gasteiger partial charge in [0.1, 0.15) is 25.5 Å². The topological polar surface area (TPSA) is 35.5 Å². The summed E-state index contributed by atoms with van der Waals surface area (Å²) in [6.45, 7) is 5.81. The van der Waals surface area contributed by atoms with Gasteiger partial charge in [-0.15, -0.1) is 0 Å². The van der Waals surface area contributed by atoms with Crippen LogP contribution in [0.1, 0.15) is 82.8 Å². The molecule has 35 heavy (non-hydrogen) atoms. The summed E-state index contributed by atoms with van der Waals surface area (Å²) in [6, 6.07) is 18.5. The fraction of sp³-hybridized carbons (Fsp3) is 0.581. The Hall–Kier alpha value is -2.33. The van der Waals surface area contributed by atoms with Crippen molar-refractivity contribution in [3.63, 3.8) is 0 Å². The largest absolute Gasteiger partial charge is 0.490 e. The van der Waals surface area contributed by atoms with Crippen molar-refractivity contribution in [2.75, 3.05) is 27.3 Å². The minimum absolute atomic E-state index is 0.135. The minimum atomic E-state index is -0.189. The van der Waals surface area contributed by atoms with E-state index in [-0.39, 0.29) is 18.6 Å². The van der Waals surface area contributed by atoms with Gasteiger partial charge in [-0.05, 0) is 37.0 Å². The highest BCUT2D eigenvalue weighted by molar-refractivity contribution is 5.74. The Morgan fingerprint density at radius 1 is 0.800 bits per heavy atom. The summed E-state index contributed by atoms with van der Waals surface area (Å²) in [5.74, 6) is 0.718. The molecule has 0 spiro atoms. The lowest BCUT2D eigenvalue weighted by atomic mass is 10.0. The van der Waals surface area contributed by atoms with Gasteiger partial charge < -0.3 is 14.0 Å². The number of quaternary nitrogens is 1. The van der Waals surface area contributed by atoms with Crippen molar-refractivity contribution in [2.45, 2.75) is 90.6 Å². The van der Waals surface area contributed by atoms with Gasteiger partial charge in [0.25, 0.3) is 0 Å². The monoisotopic (exact) mass is 482 g/mol. The second kappa shape index (κ2) is 16.4. The quantitative estimate of drug-likeness (QED) is 0.127. The molecule has 0 saturated carbocycles. The molecule has 4 heteroatoms. The molecule has 0 fully saturated rings. The first-order chi connectivity index (χ1) is 17.0. The van der Waals surface area contributed by atoms with Crippen LogP contribution >= 0.6 is 0 Å². The van der Waals surface area contributed by atoms with E-state index >= 15 is 0 Å². The average molecular weight is 483 g/mol. The standard InChI is InChI=1S/C31H48NO3/c1-5-7-8-9-10-11-13-18-27-21-16-22-29(25-27)34-23-24-35-31(33)30(17-6-2)32(3,4)26-28-19-14-12-15-20-28/h12,14-16,19-22,25,30H,5-11,13,17-18,23-24,26H2,1-4H3/q+1. The zero-order chi connectivity index (χ0) is 25.4. The fourth-order valence-corrected chi connectivity index (χ4v) is 4.67. The summed E-state index contributed by atoms with van der Waals surface area (Å²) in [4.78, 5) is 13.0. The number of benzene rings is 2. The third-order valence-corrected chi connectivity index (χ3v) is 6.67. The van der Waals surface area contributed by atoms with Crippen LogP contribution < -0.4 is 4.74 Å². The Morgan fingerprint density at radius 2 is 1.49 bits per heavy atom. The molecular formula is C31H48NO3+. The van der Waals surface area contributed by atoms with Crippen molar-refractivity contribution in [3.8, 4) is 5.75 Å². The predicted octanol–water partition coefficient (Wildman–Crippen LogP) is 7.35. The van der Waals surface area contributed by atoms with Gasteiger partial charge in [-0.2, -0.15) is 0 Å². The number of ether oxygens (including phenoxy) is 2. The molecule has 194 valence electrons. The highest BCUT2D eigenvalue weighted by atomic mass is 16.6. The van der Waals surface area contributed by atoms with Crippen LogP contribution in [-0.2, 0) is 22.5 Å². The Morgan fingerprint density at radius 3 is 2.20 bits per heavy atom. The normalized spacial score (nSPS) is 12.3. The van der Waals surface area contributed by atoms with Gasteiger partial charge in [0.15, 0.2) is 6.04 Å². The minimum Gasteiger partial charge on any atom is -0.490 e. The molecule has 4 nitrogen and oxygen atoms in total. The van der Waals surface area contributed by atoms with E-state index in [1.54, 1.807) is 0 Å². The maximum absolute atomic E-state index is 13.0. The molecule has 0 amide bonds. The van der Waals surface area contributed by atoms with Crippen molar-refractivity contribution >= 4 is 5.97 Å². The van der Waals surface area contributed by atoms with Crippen molar-refractivity contribution in [1.29, 1.82) is 0 Å². The third kappa shape index (κ3) is 11.3. The van der Waals surface area contributed by atoms with Crippen LogP contribution in [0.25, 0.3) is 0 Å². The third-order valence-electron chi connectivity index (χ3n) is 6.67. The fourth-order valence-electron chi connectivity index (χ4n) is 4.67. The molecule has 2 aromatic rings. The summed E-state index contributed by atoms with van der Waals surface area (Å²) in [7, 11) is 4.23. The molecule has 2 aromatic carbocycles. The molecule has 0 aliphatic carbocycles. The first kappa shape index (κ1) is 28.9. The number of nitrogens with zero attached hydrogens (tertiary/aromatic N) is 1. The average Bonchev–Trinajstić information content (AvgIpc) is 2.85. The smallest absolute Gasteiger partial charge is 0.365 e. The van der Waals surface area contributed by atoms with Crippen molar-refractivity contribution in [1.82, 2.24) is 0 Å². The van der Waals surface area contributed by atoms with Crippen LogP contribution in [0.2, 0.25) is 0 Å². The van der Waals surface area contributed by atoms with Crippen molar-refractivity contribution < 1.29 is 18.8 Å². The van der Waals surface area contributed by atoms with Gasteiger partial charge in [-0.1, -0.05) is 94.8 Å². The van der Waals surface area contributed by atoms with Crippen LogP contribution in [0, 0.1) is 0 Å². The number of unbranched alkanes of at least 4 members (excludes halogenated alkanes) is 6. The number of hydrogen-bond acceptors (Lipinski definition) is 3. The lowest BCUT2D eigenvalue weighted by Crippen LogP contribution is -2.53. The number of likely N-dealkylation sites (N-methyl/N-ethyl adjacent to an activating group) is 1. The highest BCUT2D eigenvalue weighted by Gasteiger charge is 2.35. The SMILES string of the molecule is CCCCCCCCCc1cccc(OCCOC(=O)C(CCC)[N+](C)(C)Cc2ccccc2)c1. The maximum Gasteiger partial charge on any atom is 0.365 e. The lowest BCUT2D eigenvalue weighted by Gasteiger charge is -2.36. The molecule has 0 aromatic heterocycles. The van der Waals surface area contributed by atoms with E-state index in [9.17, 15) is 4.79 Å². The van der Waals surface area contributed by atoms with Crippen LogP contribution in [0.5, 0.6) is 5.75 Å².